The summed E-state index contributed by atoms with van der Waals surface area (Å²) in [7, 11) is 0. The Morgan fingerprint density at radius 3 is 2.53 bits per heavy atom. The average Bonchev–Trinajstić information content (AvgIpc) is 2.69. The smallest absolute Gasteiger partial charge is 0.253 e. The first kappa shape index (κ1) is 15.2. The quantitative estimate of drug-likeness (QED) is 0.632. The standard InChI is InChI=1S/C13H10Br3NOS/c1-7(8-4-2-3-5-10(8)14)17-13(18)9-6-11(15)19-12(9)16/h2-7H,1H3,(H,17,18). The minimum atomic E-state index is -0.0860. The van der Waals surface area contributed by atoms with Crippen molar-refractivity contribution >= 4 is 65.0 Å². The van der Waals surface area contributed by atoms with E-state index in [0.717, 1.165) is 17.6 Å². The van der Waals surface area contributed by atoms with Crippen molar-refractivity contribution in [3.8, 4) is 0 Å². The van der Waals surface area contributed by atoms with E-state index in [-0.39, 0.29) is 11.9 Å². The van der Waals surface area contributed by atoms with E-state index >= 15 is 0 Å². The van der Waals surface area contributed by atoms with Crippen LogP contribution >= 0.6 is 59.1 Å². The molecule has 2 rings (SSSR count). The van der Waals surface area contributed by atoms with Crippen molar-refractivity contribution < 1.29 is 4.79 Å². The number of thiophene rings is 1. The Bertz CT molecular complexity index is 612. The highest BCUT2D eigenvalue weighted by Gasteiger charge is 2.17. The fraction of sp³-hybridized carbons (Fsp3) is 0.154. The lowest BCUT2D eigenvalue weighted by atomic mass is 10.1. The Kier molecular flexibility index (Phi) is 5.22. The molecule has 0 fully saturated rings. The predicted octanol–water partition coefficient (Wildman–Crippen LogP) is 5.53. The summed E-state index contributed by atoms with van der Waals surface area (Å²) in [5.41, 5.74) is 1.71. The molecule has 0 aliphatic heterocycles. The third-order valence-electron chi connectivity index (χ3n) is 2.62. The molecule has 1 aromatic carbocycles. The van der Waals surface area contributed by atoms with Crippen LogP contribution in [-0.2, 0) is 0 Å². The van der Waals surface area contributed by atoms with Gasteiger partial charge in [-0.15, -0.1) is 11.3 Å². The molecule has 19 heavy (non-hydrogen) atoms. The molecule has 0 aliphatic rings. The summed E-state index contributed by atoms with van der Waals surface area (Å²) in [6.07, 6.45) is 0. The number of nitrogens with one attached hydrogen (secondary N) is 1. The van der Waals surface area contributed by atoms with Crippen LogP contribution in [0, 0.1) is 0 Å². The molecule has 1 unspecified atom stereocenters. The maximum absolute atomic E-state index is 12.2. The minimum Gasteiger partial charge on any atom is -0.345 e. The summed E-state index contributed by atoms with van der Waals surface area (Å²) in [6, 6.07) is 9.63. The Hall–Kier alpha value is -0.170. The van der Waals surface area contributed by atoms with E-state index in [1.165, 1.54) is 11.3 Å². The summed E-state index contributed by atoms with van der Waals surface area (Å²) in [5, 5.41) is 2.99. The van der Waals surface area contributed by atoms with Crippen LogP contribution in [0.25, 0.3) is 0 Å². The normalized spacial score (nSPS) is 12.2. The zero-order chi connectivity index (χ0) is 14.0. The first-order valence-electron chi connectivity index (χ1n) is 5.49. The number of halogens is 3. The number of carbonyl (C=O) groups is 1. The van der Waals surface area contributed by atoms with Gasteiger partial charge >= 0.3 is 0 Å². The van der Waals surface area contributed by atoms with Crippen LogP contribution < -0.4 is 5.32 Å². The zero-order valence-electron chi connectivity index (χ0n) is 9.91. The second-order valence-electron chi connectivity index (χ2n) is 3.95. The molecule has 1 heterocycles. The highest BCUT2D eigenvalue weighted by Crippen LogP contribution is 2.32. The van der Waals surface area contributed by atoms with Gasteiger partial charge in [0.05, 0.1) is 19.2 Å². The molecule has 100 valence electrons. The summed E-state index contributed by atoms with van der Waals surface area (Å²) in [5.74, 6) is -0.0860. The molecule has 1 N–H and O–H groups in total. The van der Waals surface area contributed by atoms with E-state index in [2.05, 4.69) is 53.1 Å². The van der Waals surface area contributed by atoms with Crippen LogP contribution in [-0.4, -0.2) is 5.91 Å². The summed E-state index contributed by atoms with van der Waals surface area (Å²) < 4.78 is 2.75. The fourth-order valence-corrected chi connectivity index (χ4v) is 5.10. The minimum absolute atomic E-state index is 0.0614. The van der Waals surface area contributed by atoms with E-state index in [9.17, 15) is 4.79 Å². The Morgan fingerprint density at radius 1 is 1.26 bits per heavy atom. The lowest BCUT2D eigenvalue weighted by Crippen LogP contribution is -2.26. The topological polar surface area (TPSA) is 29.1 Å². The van der Waals surface area contributed by atoms with E-state index in [4.69, 9.17) is 0 Å². The SMILES string of the molecule is CC(NC(=O)c1cc(Br)sc1Br)c1ccccc1Br. The molecule has 0 radical (unpaired) electrons. The van der Waals surface area contributed by atoms with Gasteiger partial charge in [-0.05, 0) is 56.5 Å². The maximum Gasteiger partial charge on any atom is 0.253 e. The lowest BCUT2D eigenvalue weighted by molar-refractivity contribution is 0.0939. The molecule has 1 amide bonds. The van der Waals surface area contributed by atoms with Gasteiger partial charge in [0.2, 0.25) is 0 Å². The van der Waals surface area contributed by atoms with Crippen LogP contribution in [0.3, 0.4) is 0 Å². The van der Waals surface area contributed by atoms with Crippen LogP contribution in [0.15, 0.2) is 42.4 Å². The number of hydrogen-bond donors (Lipinski definition) is 1. The van der Waals surface area contributed by atoms with Crippen LogP contribution in [0.1, 0.15) is 28.9 Å². The molecule has 0 spiro atoms. The van der Waals surface area contributed by atoms with Crippen molar-refractivity contribution in [2.24, 2.45) is 0 Å². The van der Waals surface area contributed by atoms with Crippen molar-refractivity contribution in [1.82, 2.24) is 5.32 Å². The van der Waals surface area contributed by atoms with Gasteiger partial charge in [0.15, 0.2) is 0 Å². The van der Waals surface area contributed by atoms with Crippen LogP contribution in [0.2, 0.25) is 0 Å². The molecule has 1 atom stereocenters. The van der Waals surface area contributed by atoms with E-state index < -0.39 is 0 Å². The number of hydrogen-bond acceptors (Lipinski definition) is 2. The molecule has 2 aromatic rings. The van der Waals surface area contributed by atoms with Crippen molar-refractivity contribution in [3.63, 3.8) is 0 Å². The maximum atomic E-state index is 12.2. The molecular formula is C13H10Br3NOS. The molecule has 0 bridgehead atoms. The molecule has 0 aliphatic carbocycles. The summed E-state index contributed by atoms with van der Waals surface area (Å²) >= 11 is 11.8. The highest BCUT2D eigenvalue weighted by atomic mass is 79.9. The van der Waals surface area contributed by atoms with Gasteiger partial charge in [-0.25, -0.2) is 0 Å². The van der Waals surface area contributed by atoms with Crippen LogP contribution in [0.4, 0.5) is 0 Å². The van der Waals surface area contributed by atoms with Crippen molar-refractivity contribution in [2.75, 3.05) is 0 Å². The van der Waals surface area contributed by atoms with Gasteiger partial charge in [-0.2, -0.15) is 0 Å². The monoisotopic (exact) mass is 465 g/mol. The zero-order valence-corrected chi connectivity index (χ0v) is 15.5. The van der Waals surface area contributed by atoms with Crippen molar-refractivity contribution in [2.45, 2.75) is 13.0 Å². The van der Waals surface area contributed by atoms with Crippen molar-refractivity contribution in [3.05, 3.63) is 53.5 Å². The lowest BCUT2D eigenvalue weighted by Gasteiger charge is -2.15. The third-order valence-corrected chi connectivity index (χ3v) is 5.68. The third kappa shape index (κ3) is 3.68. The van der Waals surface area contributed by atoms with E-state index in [1.54, 1.807) is 0 Å². The molecule has 1 aromatic heterocycles. The molecule has 0 saturated carbocycles. The van der Waals surface area contributed by atoms with E-state index in [0.29, 0.717) is 5.56 Å². The number of carbonyl (C=O) groups excluding carboxylic acids is 1. The predicted molar refractivity (Wildman–Crippen MR) is 89.7 cm³/mol. The van der Waals surface area contributed by atoms with E-state index in [1.807, 2.05) is 37.3 Å². The molecule has 0 saturated heterocycles. The number of rotatable bonds is 3. The van der Waals surface area contributed by atoms with Gasteiger partial charge in [-0.1, -0.05) is 34.1 Å². The van der Waals surface area contributed by atoms with Crippen molar-refractivity contribution in [1.29, 1.82) is 0 Å². The van der Waals surface area contributed by atoms with Gasteiger partial charge in [0, 0.05) is 4.47 Å². The van der Waals surface area contributed by atoms with Gasteiger partial charge in [0.25, 0.3) is 5.91 Å². The van der Waals surface area contributed by atoms with Gasteiger partial charge < -0.3 is 5.32 Å². The second kappa shape index (κ2) is 6.52. The van der Waals surface area contributed by atoms with Crippen LogP contribution in [0.5, 0.6) is 0 Å². The highest BCUT2D eigenvalue weighted by molar-refractivity contribution is 9.12. The average molecular weight is 468 g/mol. The molecular weight excluding hydrogens is 458 g/mol. The fourth-order valence-electron chi connectivity index (χ4n) is 1.67. The first-order valence-corrected chi connectivity index (χ1v) is 8.68. The largest absolute Gasteiger partial charge is 0.345 e. The summed E-state index contributed by atoms with van der Waals surface area (Å²) in [4.78, 5) is 12.2. The number of benzene rings is 1. The molecule has 2 nitrogen and oxygen atoms in total. The van der Waals surface area contributed by atoms with Gasteiger partial charge in [-0.3, -0.25) is 4.79 Å². The Morgan fingerprint density at radius 2 is 1.95 bits per heavy atom. The molecule has 6 heteroatoms. The second-order valence-corrected chi connectivity index (χ2v) is 8.56. The summed E-state index contributed by atoms with van der Waals surface area (Å²) in [6.45, 7) is 1.97. The Balaban J connectivity index is 2.15. The number of amides is 1. The first-order chi connectivity index (χ1) is 8.99. The van der Waals surface area contributed by atoms with Gasteiger partial charge in [0.1, 0.15) is 0 Å². The Labute approximate surface area is 141 Å².